The average molecular weight is 251 g/mol. The van der Waals surface area contributed by atoms with Gasteiger partial charge in [0.05, 0.1) is 12.4 Å². The molecule has 1 fully saturated rings. The van der Waals surface area contributed by atoms with Crippen LogP contribution in [0, 0.1) is 12.3 Å². The SMILES string of the molecule is C#Cc1c(C(N)=O)ncn1[C@@H]1O[C@H](C)[C@@H](O)[C@H]1O. The van der Waals surface area contributed by atoms with Crippen molar-refractivity contribution in [2.45, 2.75) is 31.5 Å². The summed E-state index contributed by atoms with van der Waals surface area (Å²) >= 11 is 0. The maximum Gasteiger partial charge on any atom is 0.270 e. The van der Waals surface area contributed by atoms with Crippen molar-refractivity contribution < 1.29 is 19.7 Å². The third kappa shape index (κ3) is 1.76. The first-order valence-electron chi connectivity index (χ1n) is 5.32. The minimum absolute atomic E-state index is 0.0673. The van der Waals surface area contributed by atoms with Gasteiger partial charge in [0.2, 0.25) is 0 Å². The summed E-state index contributed by atoms with van der Waals surface area (Å²) in [5, 5.41) is 19.5. The van der Waals surface area contributed by atoms with E-state index in [0.29, 0.717) is 0 Å². The number of amides is 1. The third-order valence-electron chi connectivity index (χ3n) is 2.92. The maximum atomic E-state index is 11.1. The van der Waals surface area contributed by atoms with E-state index in [9.17, 15) is 15.0 Å². The van der Waals surface area contributed by atoms with Crippen molar-refractivity contribution in [2.75, 3.05) is 0 Å². The fourth-order valence-electron chi connectivity index (χ4n) is 1.93. The van der Waals surface area contributed by atoms with Crippen LogP contribution in [-0.4, -0.2) is 44.0 Å². The molecule has 2 heterocycles. The molecular weight excluding hydrogens is 238 g/mol. The molecule has 1 aromatic rings. The van der Waals surface area contributed by atoms with Gasteiger partial charge in [-0.25, -0.2) is 4.98 Å². The van der Waals surface area contributed by atoms with Crippen LogP contribution in [0.25, 0.3) is 0 Å². The first kappa shape index (κ1) is 12.6. The second-order valence-corrected chi connectivity index (χ2v) is 4.07. The number of aliphatic hydroxyl groups excluding tert-OH is 2. The Morgan fingerprint density at radius 1 is 1.61 bits per heavy atom. The monoisotopic (exact) mass is 251 g/mol. The highest BCUT2D eigenvalue weighted by molar-refractivity contribution is 5.93. The first-order valence-corrected chi connectivity index (χ1v) is 5.32. The van der Waals surface area contributed by atoms with Gasteiger partial charge < -0.3 is 20.7 Å². The van der Waals surface area contributed by atoms with Gasteiger partial charge in [-0.3, -0.25) is 9.36 Å². The number of hydrogen-bond acceptors (Lipinski definition) is 5. The number of primary amides is 1. The third-order valence-corrected chi connectivity index (χ3v) is 2.92. The molecule has 7 nitrogen and oxygen atoms in total. The van der Waals surface area contributed by atoms with Crippen molar-refractivity contribution in [3.8, 4) is 12.3 Å². The molecule has 1 amide bonds. The Morgan fingerprint density at radius 2 is 2.28 bits per heavy atom. The van der Waals surface area contributed by atoms with E-state index < -0.39 is 30.4 Å². The lowest BCUT2D eigenvalue weighted by Gasteiger charge is -2.17. The number of nitrogens with zero attached hydrogens (tertiary/aromatic N) is 2. The van der Waals surface area contributed by atoms with E-state index in [2.05, 4.69) is 10.9 Å². The number of aromatic nitrogens is 2. The summed E-state index contributed by atoms with van der Waals surface area (Å²) in [4.78, 5) is 14.9. The zero-order valence-electron chi connectivity index (χ0n) is 9.65. The zero-order valence-corrected chi connectivity index (χ0v) is 9.65. The van der Waals surface area contributed by atoms with Gasteiger partial charge in [0.1, 0.15) is 17.9 Å². The maximum absolute atomic E-state index is 11.1. The molecule has 0 aliphatic carbocycles. The van der Waals surface area contributed by atoms with Crippen LogP contribution in [0.1, 0.15) is 29.3 Å². The molecule has 0 spiro atoms. The number of carbonyl (C=O) groups excluding carboxylic acids is 1. The summed E-state index contributed by atoms with van der Waals surface area (Å²) in [6.07, 6.45) is 2.94. The van der Waals surface area contributed by atoms with Gasteiger partial charge in [0, 0.05) is 0 Å². The van der Waals surface area contributed by atoms with E-state index >= 15 is 0 Å². The highest BCUT2D eigenvalue weighted by Crippen LogP contribution is 2.30. The standard InChI is InChI=1S/C11H13N3O4/c1-3-6-7(10(12)17)13-4-14(6)11-9(16)8(15)5(2)18-11/h1,4-5,8-9,11,15-16H,2H3,(H2,12,17)/t5-,8-,9-,11-/m1/s1. The summed E-state index contributed by atoms with van der Waals surface area (Å²) in [6.45, 7) is 1.62. The van der Waals surface area contributed by atoms with Crippen molar-refractivity contribution >= 4 is 5.91 Å². The Hall–Kier alpha value is -1.88. The predicted octanol–water partition coefficient (Wildman–Crippen LogP) is -1.40. The van der Waals surface area contributed by atoms with E-state index in [1.54, 1.807) is 6.92 Å². The summed E-state index contributed by atoms with van der Waals surface area (Å²) < 4.78 is 6.70. The average Bonchev–Trinajstić information content (AvgIpc) is 2.86. The molecule has 1 aromatic heterocycles. The van der Waals surface area contributed by atoms with Gasteiger partial charge >= 0.3 is 0 Å². The lowest BCUT2D eigenvalue weighted by Crippen LogP contribution is -2.30. The predicted molar refractivity (Wildman–Crippen MR) is 60.3 cm³/mol. The quantitative estimate of drug-likeness (QED) is 0.560. The number of carbonyl (C=O) groups is 1. The van der Waals surface area contributed by atoms with Crippen molar-refractivity contribution in [1.82, 2.24) is 9.55 Å². The van der Waals surface area contributed by atoms with Crippen molar-refractivity contribution in [2.24, 2.45) is 5.73 Å². The van der Waals surface area contributed by atoms with E-state index in [4.69, 9.17) is 16.9 Å². The number of ether oxygens (including phenoxy) is 1. The molecule has 0 saturated carbocycles. The van der Waals surface area contributed by atoms with E-state index in [0.717, 1.165) is 0 Å². The van der Waals surface area contributed by atoms with Crippen LogP contribution in [0.4, 0.5) is 0 Å². The largest absolute Gasteiger partial charge is 0.388 e. The molecule has 1 saturated heterocycles. The van der Waals surface area contributed by atoms with Gasteiger partial charge in [-0.05, 0) is 12.8 Å². The molecular formula is C11H13N3O4. The summed E-state index contributed by atoms with van der Waals surface area (Å²) in [7, 11) is 0. The van der Waals surface area contributed by atoms with Crippen LogP contribution in [0.15, 0.2) is 6.33 Å². The van der Waals surface area contributed by atoms with Crippen molar-refractivity contribution in [3.63, 3.8) is 0 Å². The van der Waals surface area contributed by atoms with E-state index in [1.165, 1.54) is 10.9 Å². The summed E-state index contributed by atoms with van der Waals surface area (Å²) in [5.41, 5.74) is 5.18. The van der Waals surface area contributed by atoms with Crippen molar-refractivity contribution in [3.05, 3.63) is 17.7 Å². The molecule has 7 heteroatoms. The molecule has 2 rings (SSSR count). The first-order chi connectivity index (χ1) is 8.47. The Morgan fingerprint density at radius 3 is 2.72 bits per heavy atom. The van der Waals surface area contributed by atoms with Crippen LogP contribution >= 0.6 is 0 Å². The number of aliphatic hydroxyl groups is 2. The second-order valence-electron chi connectivity index (χ2n) is 4.07. The number of rotatable bonds is 2. The number of nitrogens with two attached hydrogens (primary N) is 1. The normalized spacial score (nSPS) is 31.2. The topological polar surface area (TPSA) is 111 Å². The van der Waals surface area contributed by atoms with Gasteiger partial charge in [0.15, 0.2) is 11.9 Å². The Bertz CT molecular complexity index is 519. The molecule has 0 radical (unpaired) electrons. The van der Waals surface area contributed by atoms with E-state index in [1.807, 2.05) is 0 Å². The molecule has 4 atom stereocenters. The lowest BCUT2D eigenvalue weighted by atomic mass is 10.1. The minimum atomic E-state index is -1.15. The summed E-state index contributed by atoms with van der Waals surface area (Å²) in [6, 6.07) is 0. The van der Waals surface area contributed by atoms with Gasteiger partial charge in [0.25, 0.3) is 5.91 Å². The van der Waals surface area contributed by atoms with Gasteiger partial charge in [-0.15, -0.1) is 6.42 Å². The second kappa shape index (κ2) is 4.42. The number of terminal acetylenes is 1. The fourth-order valence-corrected chi connectivity index (χ4v) is 1.93. The lowest BCUT2D eigenvalue weighted by molar-refractivity contribution is -0.0326. The molecule has 0 aromatic carbocycles. The Labute approximate surface area is 103 Å². The van der Waals surface area contributed by atoms with Gasteiger partial charge in [-0.1, -0.05) is 0 Å². The minimum Gasteiger partial charge on any atom is -0.388 e. The van der Waals surface area contributed by atoms with Crippen LogP contribution in [-0.2, 0) is 4.74 Å². The van der Waals surface area contributed by atoms with Gasteiger partial charge in [-0.2, -0.15) is 0 Å². The van der Waals surface area contributed by atoms with E-state index in [-0.39, 0.29) is 11.4 Å². The zero-order chi connectivity index (χ0) is 13.4. The number of imidazole rings is 1. The van der Waals surface area contributed by atoms with Crippen LogP contribution in [0.2, 0.25) is 0 Å². The fraction of sp³-hybridized carbons (Fsp3) is 0.455. The summed E-state index contributed by atoms with van der Waals surface area (Å²) in [5.74, 6) is 1.52. The molecule has 0 unspecified atom stereocenters. The Kier molecular flexibility index (Phi) is 3.09. The highest BCUT2D eigenvalue weighted by atomic mass is 16.6. The molecule has 1 aliphatic heterocycles. The molecule has 0 bridgehead atoms. The number of hydrogen-bond donors (Lipinski definition) is 3. The van der Waals surface area contributed by atoms with Crippen LogP contribution in [0.5, 0.6) is 0 Å². The molecule has 96 valence electrons. The molecule has 1 aliphatic rings. The molecule has 18 heavy (non-hydrogen) atoms. The molecule has 4 N–H and O–H groups in total. The highest BCUT2D eigenvalue weighted by Gasteiger charge is 2.42. The Balaban J connectivity index is 2.42. The van der Waals surface area contributed by atoms with Crippen molar-refractivity contribution in [1.29, 1.82) is 0 Å². The smallest absolute Gasteiger partial charge is 0.270 e. The van der Waals surface area contributed by atoms with Crippen LogP contribution in [0.3, 0.4) is 0 Å². The van der Waals surface area contributed by atoms with Crippen LogP contribution < -0.4 is 5.73 Å².